The topological polar surface area (TPSA) is 95.5 Å². The molecule has 0 aliphatic heterocycles. The Hall–Kier alpha value is -2.49. The largest absolute Gasteiger partial charge is 0.481 e. The summed E-state index contributed by atoms with van der Waals surface area (Å²) in [5.41, 5.74) is -0.387. The lowest BCUT2D eigenvalue weighted by molar-refractivity contribution is -0.137. The molecule has 10 heteroatoms. The summed E-state index contributed by atoms with van der Waals surface area (Å²) < 4.78 is 32.3. The molecule has 2 aromatic rings. The van der Waals surface area contributed by atoms with Gasteiger partial charge in [0.15, 0.2) is 0 Å². The van der Waals surface area contributed by atoms with Gasteiger partial charge in [-0.2, -0.15) is 4.98 Å². The van der Waals surface area contributed by atoms with Crippen LogP contribution in [0.25, 0.3) is 0 Å². The number of carbonyl (C=O) groups is 1. The molecule has 1 aromatic heterocycles. The summed E-state index contributed by atoms with van der Waals surface area (Å²) in [5, 5.41) is 8.81. The van der Waals surface area contributed by atoms with E-state index in [4.69, 9.17) is 9.84 Å². The number of nitrogens with zero attached hydrogens (tertiary/aromatic N) is 2. The molecule has 0 spiro atoms. The van der Waals surface area contributed by atoms with Crippen LogP contribution in [-0.2, 0) is 11.4 Å². The van der Waals surface area contributed by atoms with Crippen molar-refractivity contribution in [2.75, 3.05) is 11.4 Å². The Morgan fingerprint density at radius 1 is 1.39 bits per heavy atom. The van der Waals surface area contributed by atoms with Gasteiger partial charge in [0.25, 0.3) is 5.56 Å². The molecule has 0 amide bonds. The van der Waals surface area contributed by atoms with Gasteiger partial charge >= 0.3 is 5.97 Å². The molecule has 0 fully saturated rings. The van der Waals surface area contributed by atoms with E-state index in [1.165, 1.54) is 6.07 Å². The molecule has 1 heterocycles. The van der Waals surface area contributed by atoms with Gasteiger partial charge in [-0.3, -0.25) is 14.6 Å². The molecular weight excluding hydrogens is 440 g/mol. The first kappa shape index (κ1) is 21.8. The van der Waals surface area contributed by atoms with E-state index in [9.17, 15) is 18.4 Å². The van der Waals surface area contributed by atoms with Crippen molar-refractivity contribution < 1.29 is 23.4 Å². The molecule has 152 valence electrons. The predicted octanol–water partition coefficient (Wildman–Crippen LogP) is 3.47. The van der Waals surface area contributed by atoms with Crippen LogP contribution in [-0.4, -0.2) is 33.6 Å². The van der Waals surface area contributed by atoms with Gasteiger partial charge in [0.1, 0.15) is 22.7 Å². The van der Waals surface area contributed by atoms with Gasteiger partial charge in [-0.15, -0.1) is 0 Å². The average molecular weight is 460 g/mol. The maximum absolute atomic E-state index is 13.8. The highest BCUT2D eigenvalue weighted by molar-refractivity contribution is 9.10. The molecule has 0 saturated heterocycles. The van der Waals surface area contributed by atoms with E-state index in [0.29, 0.717) is 13.0 Å². The average Bonchev–Trinajstić information content (AvgIpc) is 2.60. The Kier molecular flexibility index (Phi) is 7.50. The summed E-state index contributed by atoms with van der Waals surface area (Å²) in [5.74, 6) is -2.22. The molecule has 2 rings (SSSR count). The van der Waals surface area contributed by atoms with Gasteiger partial charge in [-0.1, -0.05) is 0 Å². The quantitative estimate of drug-likeness (QED) is 0.595. The molecule has 0 bridgehead atoms. The summed E-state index contributed by atoms with van der Waals surface area (Å²) in [6.07, 6.45) is 0.349. The van der Waals surface area contributed by atoms with Crippen LogP contribution in [0.3, 0.4) is 0 Å². The summed E-state index contributed by atoms with van der Waals surface area (Å²) in [7, 11) is 0. The number of ether oxygens (including phenoxy) is 1. The van der Waals surface area contributed by atoms with E-state index >= 15 is 0 Å². The fourth-order valence-electron chi connectivity index (χ4n) is 2.45. The van der Waals surface area contributed by atoms with E-state index in [-0.39, 0.29) is 40.9 Å². The number of nitrogens with one attached hydrogen (secondary N) is 1. The smallest absolute Gasteiger partial charge is 0.303 e. The van der Waals surface area contributed by atoms with Gasteiger partial charge in [-0.25, -0.2) is 8.78 Å². The van der Waals surface area contributed by atoms with Crippen molar-refractivity contribution in [2.45, 2.75) is 39.3 Å². The third-order valence-electron chi connectivity index (χ3n) is 3.88. The number of aromatic nitrogens is 2. The van der Waals surface area contributed by atoms with Crippen molar-refractivity contribution in [1.82, 2.24) is 9.97 Å². The summed E-state index contributed by atoms with van der Waals surface area (Å²) >= 11 is 3.09. The van der Waals surface area contributed by atoms with Gasteiger partial charge in [-0.05, 0) is 48.3 Å². The van der Waals surface area contributed by atoms with Gasteiger partial charge < -0.3 is 14.7 Å². The number of halogens is 3. The van der Waals surface area contributed by atoms with Crippen LogP contribution in [0.2, 0.25) is 0 Å². The first-order chi connectivity index (χ1) is 13.2. The van der Waals surface area contributed by atoms with Gasteiger partial charge in [0.05, 0.1) is 0 Å². The highest BCUT2D eigenvalue weighted by Gasteiger charge is 2.18. The first-order valence-electron chi connectivity index (χ1n) is 8.54. The fraction of sp³-hybridized carbons (Fsp3) is 0.389. The summed E-state index contributed by atoms with van der Waals surface area (Å²) in [4.78, 5) is 31.6. The molecular formula is C18H20BrF2N3O4. The molecule has 0 unspecified atom stereocenters. The maximum Gasteiger partial charge on any atom is 0.303 e. The van der Waals surface area contributed by atoms with E-state index in [0.717, 1.165) is 12.1 Å². The Labute approximate surface area is 168 Å². The zero-order chi connectivity index (χ0) is 20.8. The molecule has 0 radical (unpaired) electrons. The molecule has 0 aliphatic rings. The number of rotatable bonds is 9. The van der Waals surface area contributed by atoms with E-state index in [1.54, 1.807) is 4.90 Å². The zero-order valence-electron chi connectivity index (χ0n) is 15.3. The zero-order valence-corrected chi connectivity index (χ0v) is 16.9. The number of aliphatic carboxylic acids is 1. The van der Waals surface area contributed by atoms with Crippen LogP contribution in [0.1, 0.15) is 32.3 Å². The second kappa shape index (κ2) is 9.63. The summed E-state index contributed by atoms with van der Waals surface area (Å²) in [6.45, 7) is 3.86. The van der Waals surface area contributed by atoms with Crippen LogP contribution in [0.15, 0.2) is 27.5 Å². The van der Waals surface area contributed by atoms with Crippen molar-refractivity contribution in [1.29, 1.82) is 0 Å². The molecule has 7 nitrogen and oxygen atoms in total. The van der Waals surface area contributed by atoms with E-state index in [1.807, 2.05) is 13.8 Å². The monoisotopic (exact) mass is 459 g/mol. The number of anilines is 1. The minimum Gasteiger partial charge on any atom is -0.481 e. The summed E-state index contributed by atoms with van der Waals surface area (Å²) in [6, 6.07) is 3.03. The van der Waals surface area contributed by atoms with Crippen LogP contribution in [0.5, 0.6) is 5.88 Å². The molecule has 0 atom stereocenters. The third-order valence-corrected chi connectivity index (χ3v) is 4.58. The van der Waals surface area contributed by atoms with Crippen LogP contribution in [0.4, 0.5) is 14.7 Å². The molecule has 0 aliphatic carbocycles. The Bertz CT molecular complexity index is 905. The predicted molar refractivity (Wildman–Crippen MR) is 103 cm³/mol. The number of hydrogen-bond donors (Lipinski definition) is 2. The standard InChI is InChI=1S/C18H20BrF2N3O4/c1-10(2)24(7-3-4-14(25)26)18-22-16(27)15(19)17(23-18)28-9-11-5-6-12(20)8-13(11)21/h5-6,8,10H,3-4,7,9H2,1-2H3,(H,25,26)(H,22,23,27). The highest BCUT2D eigenvalue weighted by atomic mass is 79.9. The highest BCUT2D eigenvalue weighted by Crippen LogP contribution is 2.23. The van der Waals surface area contributed by atoms with E-state index in [2.05, 4.69) is 25.9 Å². The molecule has 2 N–H and O–H groups in total. The number of benzene rings is 1. The lowest BCUT2D eigenvalue weighted by Crippen LogP contribution is -2.35. The van der Waals surface area contributed by atoms with Crippen LogP contribution >= 0.6 is 15.9 Å². The number of aromatic amines is 1. The molecule has 1 aromatic carbocycles. The number of carboxylic acids is 1. The first-order valence-corrected chi connectivity index (χ1v) is 9.33. The van der Waals surface area contributed by atoms with Gasteiger partial charge in [0.2, 0.25) is 11.8 Å². The van der Waals surface area contributed by atoms with Crippen LogP contribution in [0, 0.1) is 11.6 Å². The Morgan fingerprint density at radius 2 is 2.11 bits per heavy atom. The third kappa shape index (κ3) is 5.75. The minimum absolute atomic E-state index is 0.0167. The Morgan fingerprint density at radius 3 is 2.71 bits per heavy atom. The maximum atomic E-state index is 13.8. The molecule has 0 saturated carbocycles. The minimum atomic E-state index is -0.911. The number of carboxylic acid groups (broad SMARTS) is 1. The lowest BCUT2D eigenvalue weighted by Gasteiger charge is -2.27. The second-order valence-corrected chi connectivity index (χ2v) is 7.11. The van der Waals surface area contributed by atoms with Crippen molar-refractivity contribution in [3.8, 4) is 5.88 Å². The fourth-order valence-corrected chi connectivity index (χ4v) is 2.75. The van der Waals surface area contributed by atoms with Crippen LogP contribution < -0.4 is 15.2 Å². The van der Waals surface area contributed by atoms with Crippen molar-refractivity contribution in [3.05, 3.63) is 50.2 Å². The second-order valence-electron chi connectivity index (χ2n) is 6.32. The Balaban J connectivity index is 2.24. The SMILES string of the molecule is CC(C)N(CCCC(=O)O)c1nc(OCc2ccc(F)cc2F)c(Br)c(=O)[nH]1. The molecule has 28 heavy (non-hydrogen) atoms. The van der Waals surface area contributed by atoms with Crippen molar-refractivity contribution >= 4 is 27.8 Å². The normalized spacial score (nSPS) is 10.9. The van der Waals surface area contributed by atoms with E-state index < -0.39 is 23.2 Å². The van der Waals surface area contributed by atoms with Gasteiger partial charge in [0, 0.05) is 30.6 Å². The van der Waals surface area contributed by atoms with Crippen molar-refractivity contribution in [3.63, 3.8) is 0 Å². The number of hydrogen-bond acceptors (Lipinski definition) is 5. The lowest BCUT2D eigenvalue weighted by atomic mass is 10.2. The van der Waals surface area contributed by atoms with Crippen molar-refractivity contribution in [2.24, 2.45) is 0 Å². The number of H-pyrrole nitrogens is 1.